The van der Waals surface area contributed by atoms with Crippen molar-refractivity contribution in [2.24, 2.45) is 46.3 Å². The number of anilines is 1. The third kappa shape index (κ3) is 16.0. The zero-order chi connectivity index (χ0) is 55.9. The van der Waals surface area contributed by atoms with Gasteiger partial charge in [0.1, 0.15) is 24.4 Å². The van der Waals surface area contributed by atoms with Crippen LogP contribution in [0, 0.1) is 53.3 Å². The number of aryl methyl sites for hydroxylation is 1. The van der Waals surface area contributed by atoms with Crippen molar-refractivity contribution in [3.8, 4) is 5.75 Å². The lowest BCUT2D eigenvalue weighted by Gasteiger charge is -2.58. The van der Waals surface area contributed by atoms with E-state index in [1.807, 2.05) is 79.7 Å². The van der Waals surface area contributed by atoms with E-state index in [1.54, 1.807) is 42.0 Å². The Kier molecular flexibility index (Phi) is 20.7. The maximum Gasteiger partial charge on any atom is 0.514 e. The molecule has 0 aliphatic heterocycles. The molecule has 79 heavy (non-hydrogen) atoms. The quantitative estimate of drug-likeness (QED) is 0.0221. The van der Waals surface area contributed by atoms with Crippen LogP contribution in [0.2, 0.25) is 0 Å². The molecule has 4 aliphatic rings. The third-order valence-corrected chi connectivity index (χ3v) is 18.5. The first-order chi connectivity index (χ1) is 38.1. The molecule has 0 radical (unpaired) electrons. The largest absolute Gasteiger partial charge is 0.514 e. The number of ether oxygens (including phenoxy) is 3. The Morgan fingerprint density at radius 3 is 2.03 bits per heavy atom. The van der Waals surface area contributed by atoms with Crippen LogP contribution in [0.15, 0.2) is 121 Å². The monoisotopic (exact) mass is 1080 g/mol. The van der Waals surface area contributed by atoms with Crippen LogP contribution in [-0.2, 0) is 48.1 Å². The van der Waals surface area contributed by atoms with E-state index in [0.29, 0.717) is 42.0 Å². The van der Waals surface area contributed by atoms with Crippen molar-refractivity contribution < 1.29 is 38.2 Å². The van der Waals surface area contributed by atoms with E-state index in [0.717, 1.165) is 65.0 Å². The van der Waals surface area contributed by atoms with Crippen LogP contribution < -0.4 is 26.0 Å². The molecule has 3 fully saturated rings. The third-order valence-electron chi connectivity index (χ3n) is 18.5. The van der Waals surface area contributed by atoms with Gasteiger partial charge in [0.15, 0.2) is 0 Å². The Labute approximate surface area is 470 Å². The van der Waals surface area contributed by atoms with Crippen LogP contribution in [0.3, 0.4) is 0 Å². The van der Waals surface area contributed by atoms with Gasteiger partial charge >= 0.3 is 6.16 Å². The molecule has 0 spiro atoms. The summed E-state index contributed by atoms with van der Waals surface area (Å²) >= 11 is 0. The second kappa shape index (κ2) is 27.7. The fourth-order valence-electron chi connectivity index (χ4n) is 14.1. The van der Waals surface area contributed by atoms with Crippen molar-refractivity contribution in [2.45, 2.75) is 169 Å². The molecule has 10 atom stereocenters. The van der Waals surface area contributed by atoms with Gasteiger partial charge in [-0.2, -0.15) is 0 Å². The second-order valence-electron chi connectivity index (χ2n) is 24.4. The highest BCUT2D eigenvalue weighted by Crippen LogP contribution is 2.67. The van der Waals surface area contributed by atoms with E-state index in [-0.39, 0.29) is 49.7 Å². The minimum absolute atomic E-state index is 0.0383. The van der Waals surface area contributed by atoms with Crippen molar-refractivity contribution in [2.75, 3.05) is 18.5 Å². The normalized spacial score (nSPS) is 24.3. The summed E-state index contributed by atoms with van der Waals surface area (Å²) in [4.78, 5) is 67.0. The molecule has 4 amide bonds. The van der Waals surface area contributed by atoms with E-state index >= 15 is 0 Å². The molecule has 8 rings (SSSR count). The standard InChI is InChI=1S/C67H88N4O8/c1-45(2)15-13-16-47(4)56-31-32-57-55-30-25-51-43-54(35-37-66(51,5)58(55)36-38-67(56,57)6)77-40-14-39-68-61(72)33-34-62(73)70-59(41-48-17-9-7-10-18-48)64(75)71-60(42-49-19-11-8-12-20-49)63(74)69-52-26-23-50(24-27-52)44-78-65(76)79-53-28-21-46(3)22-29-53/h7-12,17-29,45,47,54-60H,13-16,30-44H2,1-6H3,(H,68,72)(H,69,74)(H,70,73)(H,71,75)/t47-,54+,55+,56-,57+,58+,59+,60+,66+,67-/m1/s1. The predicted molar refractivity (Wildman–Crippen MR) is 311 cm³/mol. The van der Waals surface area contributed by atoms with Gasteiger partial charge in [-0.05, 0) is 152 Å². The lowest BCUT2D eigenvalue weighted by molar-refractivity contribution is -0.131. The number of nitrogens with one attached hydrogen (secondary N) is 4. The molecule has 4 aliphatic carbocycles. The summed E-state index contributed by atoms with van der Waals surface area (Å²) in [5.74, 6) is 3.61. The van der Waals surface area contributed by atoms with Crippen LogP contribution in [0.25, 0.3) is 0 Å². The predicted octanol–water partition coefficient (Wildman–Crippen LogP) is 12.8. The van der Waals surface area contributed by atoms with Gasteiger partial charge in [-0.15, -0.1) is 0 Å². The molecule has 4 N–H and O–H groups in total. The van der Waals surface area contributed by atoms with Gasteiger partial charge in [0.25, 0.3) is 0 Å². The number of amides is 4. The first kappa shape index (κ1) is 58.9. The number of benzene rings is 4. The zero-order valence-corrected chi connectivity index (χ0v) is 47.9. The summed E-state index contributed by atoms with van der Waals surface area (Å²) < 4.78 is 17.0. The highest BCUT2D eigenvalue weighted by Gasteiger charge is 2.59. The molecule has 0 unspecified atom stereocenters. The topological polar surface area (TPSA) is 161 Å². The van der Waals surface area contributed by atoms with Gasteiger partial charge in [-0.25, -0.2) is 4.79 Å². The fraction of sp³-hybridized carbons (Fsp3) is 0.537. The van der Waals surface area contributed by atoms with Crippen molar-refractivity contribution in [1.29, 1.82) is 0 Å². The first-order valence-electron chi connectivity index (χ1n) is 29.6. The smallest absolute Gasteiger partial charge is 0.429 e. The van der Waals surface area contributed by atoms with Gasteiger partial charge in [0.2, 0.25) is 23.6 Å². The molecular weight excluding hydrogens is 989 g/mol. The van der Waals surface area contributed by atoms with E-state index in [4.69, 9.17) is 14.2 Å². The van der Waals surface area contributed by atoms with Crippen molar-refractivity contribution in [3.63, 3.8) is 0 Å². The van der Waals surface area contributed by atoms with E-state index < -0.39 is 36.0 Å². The van der Waals surface area contributed by atoms with E-state index in [1.165, 1.54) is 57.8 Å². The van der Waals surface area contributed by atoms with Crippen LogP contribution in [0.1, 0.15) is 147 Å². The average Bonchev–Trinajstić information content (AvgIpc) is 3.55. The number of hydrogen-bond acceptors (Lipinski definition) is 8. The molecule has 4 aromatic rings. The summed E-state index contributed by atoms with van der Waals surface area (Å²) in [6.07, 6.45) is 17.1. The van der Waals surface area contributed by atoms with Crippen LogP contribution in [-0.4, -0.2) is 61.1 Å². The number of allylic oxidation sites excluding steroid dienone is 1. The number of rotatable bonds is 25. The molecule has 12 nitrogen and oxygen atoms in total. The van der Waals surface area contributed by atoms with Gasteiger partial charge in [-0.1, -0.05) is 156 Å². The van der Waals surface area contributed by atoms with E-state index in [9.17, 15) is 24.0 Å². The molecule has 4 aromatic carbocycles. The molecule has 0 aromatic heterocycles. The molecular formula is C67H88N4O8. The highest BCUT2D eigenvalue weighted by molar-refractivity contribution is 5.99. The van der Waals surface area contributed by atoms with Crippen LogP contribution in [0.5, 0.6) is 5.75 Å². The molecule has 0 saturated heterocycles. The molecule has 0 heterocycles. The van der Waals surface area contributed by atoms with Crippen molar-refractivity contribution in [3.05, 3.63) is 143 Å². The van der Waals surface area contributed by atoms with Crippen molar-refractivity contribution in [1.82, 2.24) is 16.0 Å². The Morgan fingerprint density at radius 1 is 0.671 bits per heavy atom. The summed E-state index contributed by atoms with van der Waals surface area (Å²) in [7, 11) is 0. The van der Waals surface area contributed by atoms with Gasteiger partial charge in [0.05, 0.1) is 6.10 Å². The van der Waals surface area contributed by atoms with Gasteiger partial charge in [0, 0.05) is 44.5 Å². The Bertz CT molecular complexity index is 2680. The van der Waals surface area contributed by atoms with Crippen LogP contribution >= 0.6 is 0 Å². The maximum atomic E-state index is 14.2. The molecule has 12 heteroatoms. The number of hydrogen-bond donors (Lipinski definition) is 4. The summed E-state index contributed by atoms with van der Waals surface area (Å²) in [6, 6.07) is 30.5. The number of carbonyl (C=O) groups is 5. The lowest BCUT2D eigenvalue weighted by Crippen LogP contribution is -2.54. The maximum absolute atomic E-state index is 14.2. The van der Waals surface area contributed by atoms with E-state index in [2.05, 4.69) is 62.0 Å². The average molecular weight is 1080 g/mol. The molecule has 424 valence electrons. The highest BCUT2D eigenvalue weighted by atomic mass is 16.7. The van der Waals surface area contributed by atoms with Gasteiger partial charge < -0.3 is 35.5 Å². The number of carbonyl (C=O) groups excluding carboxylic acids is 5. The minimum atomic E-state index is -1.03. The summed E-state index contributed by atoms with van der Waals surface area (Å²) in [5.41, 5.74) is 6.21. The Balaban J connectivity index is 0.777. The molecule has 0 bridgehead atoms. The van der Waals surface area contributed by atoms with Crippen molar-refractivity contribution >= 4 is 35.5 Å². The Morgan fingerprint density at radius 2 is 1.34 bits per heavy atom. The zero-order valence-electron chi connectivity index (χ0n) is 47.9. The Hall–Kier alpha value is -6.27. The van der Waals surface area contributed by atoms with Gasteiger partial charge in [-0.3, -0.25) is 19.2 Å². The summed E-state index contributed by atoms with van der Waals surface area (Å²) in [6.45, 7) is 15.4. The lowest BCUT2D eigenvalue weighted by atomic mass is 9.47. The molecule has 3 saturated carbocycles. The second-order valence-corrected chi connectivity index (χ2v) is 24.4. The summed E-state index contributed by atoms with van der Waals surface area (Å²) in [5, 5.41) is 11.7. The SMILES string of the molecule is Cc1ccc(OC(=O)OCc2ccc(NC(=O)[C@H](Cc3ccccc3)NC(=O)[C@H](Cc3ccccc3)NC(=O)CCC(=O)NCCCO[C@H]3CC[C@@]4(C)C(=CC[C@H]5[C@@H]6CC[C@H]([C@H](C)CCCC(C)C)[C@@]6(C)CC[C@@H]54)C3)cc2)cc1. The number of fused-ring (bicyclic) bond motifs is 5. The first-order valence-corrected chi connectivity index (χ1v) is 29.6. The fourth-order valence-corrected chi connectivity index (χ4v) is 14.1. The minimum Gasteiger partial charge on any atom is -0.429 e. The van der Waals surface area contributed by atoms with Crippen LogP contribution in [0.4, 0.5) is 10.5 Å².